The molecule has 7 heteroatoms. The summed E-state index contributed by atoms with van der Waals surface area (Å²) in [6.07, 6.45) is 2.07. The van der Waals surface area contributed by atoms with Gasteiger partial charge in [0.1, 0.15) is 5.01 Å². The molecule has 0 bridgehead atoms. The summed E-state index contributed by atoms with van der Waals surface area (Å²) in [5.74, 6) is -0.144. The van der Waals surface area contributed by atoms with Crippen molar-refractivity contribution in [2.75, 3.05) is 6.54 Å². The van der Waals surface area contributed by atoms with E-state index in [2.05, 4.69) is 41.7 Å². The zero-order valence-electron chi connectivity index (χ0n) is 13.5. The van der Waals surface area contributed by atoms with Crippen LogP contribution in [0.1, 0.15) is 57.3 Å². The van der Waals surface area contributed by atoms with Crippen LogP contribution in [0, 0.1) is 0 Å². The van der Waals surface area contributed by atoms with Crippen molar-refractivity contribution in [1.29, 1.82) is 0 Å². The van der Waals surface area contributed by atoms with Gasteiger partial charge in [0.05, 0.1) is 18.3 Å². The summed E-state index contributed by atoms with van der Waals surface area (Å²) in [6, 6.07) is -0.235. The molecule has 0 radical (unpaired) electrons. The highest BCUT2D eigenvalue weighted by Crippen LogP contribution is 2.26. The average Bonchev–Trinajstić information content (AvgIpc) is 3.06. The van der Waals surface area contributed by atoms with Crippen molar-refractivity contribution in [2.24, 2.45) is 0 Å². The van der Waals surface area contributed by atoms with Gasteiger partial charge in [-0.15, -0.1) is 11.3 Å². The van der Waals surface area contributed by atoms with E-state index in [-0.39, 0.29) is 29.9 Å². The summed E-state index contributed by atoms with van der Waals surface area (Å²) < 4.78 is 0. The van der Waals surface area contributed by atoms with E-state index in [4.69, 9.17) is 0 Å². The van der Waals surface area contributed by atoms with Gasteiger partial charge in [-0.3, -0.25) is 4.79 Å². The lowest BCUT2D eigenvalue weighted by Gasteiger charge is -2.15. The minimum Gasteiger partial charge on any atom is -0.352 e. The monoisotopic (exact) mass is 324 g/mol. The zero-order chi connectivity index (χ0) is 16.3. The molecule has 1 aliphatic rings. The van der Waals surface area contributed by atoms with Crippen molar-refractivity contribution in [3.63, 3.8) is 0 Å². The van der Waals surface area contributed by atoms with E-state index in [1.807, 2.05) is 12.3 Å². The molecule has 1 aromatic rings. The number of aromatic nitrogens is 1. The third-order valence-electron chi connectivity index (χ3n) is 3.36. The summed E-state index contributed by atoms with van der Waals surface area (Å²) in [7, 11) is 0. The predicted octanol–water partition coefficient (Wildman–Crippen LogP) is 2.08. The first-order valence-corrected chi connectivity index (χ1v) is 8.43. The van der Waals surface area contributed by atoms with E-state index in [0.717, 1.165) is 23.5 Å². The first-order chi connectivity index (χ1) is 10.3. The SMILES string of the molecule is C[C@H](NC(=O)NCC(=O)NC1CC1)c1nc(C(C)(C)C)cs1. The van der Waals surface area contributed by atoms with Gasteiger partial charge in [0, 0.05) is 16.8 Å². The van der Waals surface area contributed by atoms with Gasteiger partial charge >= 0.3 is 6.03 Å². The first kappa shape index (κ1) is 16.7. The fourth-order valence-corrected chi connectivity index (χ4v) is 2.86. The lowest BCUT2D eigenvalue weighted by atomic mass is 9.93. The standard InChI is InChI=1S/C15H24N4O2S/c1-9(13-19-11(8-22-13)15(2,3)4)17-14(21)16-7-12(20)18-10-5-6-10/h8-10H,5-7H2,1-4H3,(H,18,20)(H2,16,17,21)/t9-/m0/s1. The van der Waals surface area contributed by atoms with Crippen LogP contribution in [0.4, 0.5) is 4.79 Å². The number of nitrogens with one attached hydrogen (secondary N) is 3. The van der Waals surface area contributed by atoms with E-state index in [1.165, 1.54) is 11.3 Å². The van der Waals surface area contributed by atoms with Crippen molar-refractivity contribution in [3.05, 3.63) is 16.1 Å². The van der Waals surface area contributed by atoms with Crippen molar-refractivity contribution in [3.8, 4) is 0 Å². The molecule has 1 aromatic heterocycles. The fraction of sp³-hybridized carbons (Fsp3) is 0.667. The molecular formula is C15H24N4O2S. The number of nitrogens with zero attached hydrogens (tertiary/aromatic N) is 1. The lowest BCUT2D eigenvalue weighted by molar-refractivity contribution is -0.120. The Bertz CT molecular complexity index is 546. The van der Waals surface area contributed by atoms with Crippen molar-refractivity contribution in [2.45, 2.75) is 58.0 Å². The molecule has 2 rings (SSSR count). The van der Waals surface area contributed by atoms with E-state index < -0.39 is 0 Å². The van der Waals surface area contributed by atoms with Crippen LogP contribution >= 0.6 is 11.3 Å². The van der Waals surface area contributed by atoms with Crippen LogP contribution in [0.15, 0.2) is 5.38 Å². The first-order valence-electron chi connectivity index (χ1n) is 7.55. The summed E-state index contributed by atoms with van der Waals surface area (Å²) >= 11 is 1.53. The zero-order valence-corrected chi connectivity index (χ0v) is 14.3. The maximum absolute atomic E-state index is 11.8. The Morgan fingerprint density at radius 1 is 1.41 bits per heavy atom. The van der Waals surface area contributed by atoms with Crippen LogP contribution in [0.3, 0.4) is 0 Å². The van der Waals surface area contributed by atoms with Gasteiger partial charge in [0.25, 0.3) is 0 Å². The second-order valence-electron chi connectivity index (χ2n) is 6.71. The van der Waals surface area contributed by atoms with Crippen LogP contribution < -0.4 is 16.0 Å². The molecule has 3 amide bonds. The number of amides is 3. The van der Waals surface area contributed by atoms with Gasteiger partial charge in [-0.2, -0.15) is 0 Å². The number of carbonyl (C=O) groups excluding carboxylic acids is 2. The van der Waals surface area contributed by atoms with E-state index in [0.29, 0.717) is 6.04 Å². The maximum Gasteiger partial charge on any atom is 0.315 e. The van der Waals surface area contributed by atoms with Gasteiger partial charge < -0.3 is 16.0 Å². The van der Waals surface area contributed by atoms with Gasteiger partial charge in [0.2, 0.25) is 5.91 Å². The summed E-state index contributed by atoms with van der Waals surface area (Å²) in [6.45, 7) is 8.20. The summed E-state index contributed by atoms with van der Waals surface area (Å²) in [5.41, 5.74) is 1.02. The Morgan fingerprint density at radius 2 is 2.09 bits per heavy atom. The third kappa shape index (κ3) is 4.98. The molecule has 22 heavy (non-hydrogen) atoms. The number of hydrogen-bond donors (Lipinski definition) is 3. The van der Waals surface area contributed by atoms with Crippen molar-refractivity contribution < 1.29 is 9.59 Å². The predicted molar refractivity (Wildman–Crippen MR) is 86.9 cm³/mol. The Hall–Kier alpha value is -1.63. The number of urea groups is 1. The number of hydrogen-bond acceptors (Lipinski definition) is 4. The highest BCUT2D eigenvalue weighted by Gasteiger charge is 2.23. The molecule has 1 heterocycles. The largest absolute Gasteiger partial charge is 0.352 e. The molecule has 0 aromatic carbocycles. The molecule has 122 valence electrons. The summed E-state index contributed by atoms with van der Waals surface area (Å²) in [4.78, 5) is 27.9. The minimum atomic E-state index is -0.356. The second-order valence-corrected chi connectivity index (χ2v) is 7.60. The van der Waals surface area contributed by atoms with E-state index in [1.54, 1.807) is 0 Å². The lowest BCUT2D eigenvalue weighted by Crippen LogP contribution is -2.43. The Kier molecular flexibility index (Phi) is 5.05. The number of carbonyl (C=O) groups is 2. The molecule has 1 saturated carbocycles. The molecule has 1 fully saturated rings. The van der Waals surface area contributed by atoms with Crippen LogP contribution in [0.2, 0.25) is 0 Å². The van der Waals surface area contributed by atoms with Crippen LogP contribution in [-0.2, 0) is 10.2 Å². The van der Waals surface area contributed by atoms with E-state index >= 15 is 0 Å². The third-order valence-corrected chi connectivity index (χ3v) is 4.39. The molecule has 0 spiro atoms. The van der Waals surface area contributed by atoms with Gasteiger partial charge in [-0.05, 0) is 19.8 Å². The second kappa shape index (κ2) is 6.64. The van der Waals surface area contributed by atoms with Crippen LogP contribution in [0.5, 0.6) is 0 Å². The minimum absolute atomic E-state index is 0.000162. The Balaban J connectivity index is 1.77. The average molecular weight is 324 g/mol. The van der Waals surface area contributed by atoms with Crippen LogP contribution in [0.25, 0.3) is 0 Å². The highest BCUT2D eigenvalue weighted by molar-refractivity contribution is 7.09. The molecule has 1 atom stereocenters. The molecule has 0 unspecified atom stereocenters. The van der Waals surface area contributed by atoms with Gasteiger partial charge in [0.15, 0.2) is 0 Å². The molecule has 0 saturated heterocycles. The quantitative estimate of drug-likeness (QED) is 0.775. The molecule has 6 nitrogen and oxygen atoms in total. The fourth-order valence-electron chi connectivity index (χ4n) is 1.81. The van der Waals surface area contributed by atoms with Crippen molar-refractivity contribution in [1.82, 2.24) is 20.9 Å². The molecular weight excluding hydrogens is 300 g/mol. The maximum atomic E-state index is 11.8. The smallest absolute Gasteiger partial charge is 0.315 e. The Morgan fingerprint density at radius 3 is 2.64 bits per heavy atom. The molecule has 0 aliphatic heterocycles. The van der Waals surface area contributed by atoms with Gasteiger partial charge in [-0.25, -0.2) is 9.78 Å². The normalized spacial score (nSPS) is 16.0. The van der Waals surface area contributed by atoms with Gasteiger partial charge in [-0.1, -0.05) is 20.8 Å². The molecule has 3 N–H and O–H groups in total. The topological polar surface area (TPSA) is 83.1 Å². The Labute approximate surface area is 135 Å². The van der Waals surface area contributed by atoms with E-state index in [9.17, 15) is 9.59 Å². The van der Waals surface area contributed by atoms with Crippen molar-refractivity contribution >= 4 is 23.3 Å². The summed E-state index contributed by atoms with van der Waals surface area (Å²) in [5, 5.41) is 11.1. The molecule has 1 aliphatic carbocycles. The number of rotatable bonds is 5. The highest BCUT2D eigenvalue weighted by atomic mass is 32.1. The van der Waals surface area contributed by atoms with Crippen LogP contribution in [-0.4, -0.2) is 29.5 Å². The number of thiazole rings is 1.